The van der Waals surface area contributed by atoms with Gasteiger partial charge in [0.05, 0.1) is 17.7 Å². The van der Waals surface area contributed by atoms with E-state index in [4.69, 9.17) is 4.74 Å². The Bertz CT molecular complexity index is 676. The molecule has 0 aliphatic carbocycles. The number of benzene rings is 1. The largest absolute Gasteiger partial charge is 0.490 e. The van der Waals surface area contributed by atoms with Crippen molar-refractivity contribution in [3.05, 3.63) is 34.1 Å². The highest BCUT2D eigenvalue weighted by Crippen LogP contribution is 2.35. The number of rotatable bonds is 2. The van der Waals surface area contributed by atoms with Gasteiger partial charge in [0.25, 0.3) is 0 Å². The maximum Gasteiger partial charge on any atom is 0.248 e. The standard InChI is InChI=1S/C15H18N2O2/c1-3-4-17-5-6-19-14-8-11-10(2)7-15(18)16-12(11)9-13(14)17/h7-9H,3-6H2,1-2H3,(H,16,18). The van der Waals surface area contributed by atoms with Crippen LogP contribution in [0.15, 0.2) is 23.0 Å². The topological polar surface area (TPSA) is 45.3 Å². The van der Waals surface area contributed by atoms with E-state index in [-0.39, 0.29) is 5.56 Å². The number of anilines is 1. The lowest BCUT2D eigenvalue weighted by Crippen LogP contribution is -2.33. The number of nitrogens with one attached hydrogen (secondary N) is 1. The second-order valence-corrected chi connectivity index (χ2v) is 5.02. The van der Waals surface area contributed by atoms with Crippen LogP contribution in [-0.4, -0.2) is 24.7 Å². The van der Waals surface area contributed by atoms with Crippen LogP contribution in [0.1, 0.15) is 18.9 Å². The summed E-state index contributed by atoms with van der Waals surface area (Å²) in [4.78, 5) is 16.8. The van der Waals surface area contributed by atoms with E-state index in [1.54, 1.807) is 6.07 Å². The average Bonchev–Trinajstić information content (AvgIpc) is 2.38. The third-order valence-electron chi connectivity index (χ3n) is 3.58. The zero-order valence-electron chi connectivity index (χ0n) is 11.3. The Morgan fingerprint density at radius 1 is 1.37 bits per heavy atom. The first-order valence-electron chi connectivity index (χ1n) is 6.74. The van der Waals surface area contributed by atoms with Gasteiger partial charge in [0.15, 0.2) is 0 Å². The summed E-state index contributed by atoms with van der Waals surface area (Å²) in [6.07, 6.45) is 1.10. The number of hydrogen-bond donors (Lipinski definition) is 1. The van der Waals surface area contributed by atoms with Crippen molar-refractivity contribution in [3.63, 3.8) is 0 Å². The van der Waals surface area contributed by atoms with Crippen molar-refractivity contribution in [2.45, 2.75) is 20.3 Å². The summed E-state index contributed by atoms with van der Waals surface area (Å²) in [6, 6.07) is 5.70. The summed E-state index contributed by atoms with van der Waals surface area (Å²) in [5.41, 5.74) is 2.90. The summed E-state index contributed by atoms with van der Waals surface area (Å²) >= 11 is 0. The molecule has 1 aliphatic rings. The summed E-state index contributed by atoms with van der Waals surface area (Å²) in [7, 11) is 0. The Balaban J connectivity index is 2.21. The number of fused-ring (bicyclic) bond motifs is 2. The van der Waals surface area contributed by atoms with Gasteiger partial charge < -0.3 is 14.6 Å². The van der Waals surface area contributed by atoms with Crippen molar-refractivity contribution in [3.8, 4) is 5.75 Å². The molecule has 19 heavy (non-hydrogen) atoms. The molecular weight excluding hydrogens is 240 g/mol. The molecule has 0 saturated heterocycles. The van der Waals surface area contributed by atoms with Gasteiger partial charge in [-0.05, 0) is 31.0 Å². The first kappa shape index (κ1) is 12.1. The van der Waals surface area contributed by atoms with Crippen LogP contribution in [0.4, 0.5) is 5.69 Å². The zero-order valence-corrected chi connectivity index (χ0v) is 11.3. The van der Waals surface area contributed by atoms with Gasteiger partial charge in [-0.25, -0.2) is 0 Å². The fourth-order valence-corrected chi connectivity index (χ4v) is 2.69. The molecule has 0 amide bonds. The van der Waals surface area contributed by atoms with Gasteiger partial charge >= 0.3 is 0 Å². The van der Waals surface area contributed by atoms with E-state index in [0.717, 1.165) is 54.0 Å². The molecule has 4 nitrogen and oxygen atoms in total. The highest BCUT2D eigenvalue weighted by Gasteiger charge is 2.18. The lowest BCUT2D eigenvalue weighted by atomic mass is 10.1. The number of hydrogen-bond acceptors (Lipinski definition) is 3. The smallest absolute Gasteiger partial charge is 0.248 e. The Morgan fingerprint density at radius 3 is 3.00 bits per heavy atom. The Kier molecular flexibility index (Phi) is 2.93. The first-order valence-corrected chi connectivity index (χ1v) is 6.74. The molecule has 0 atom stereocenters. The molecule has 0 unspecified atom stereocenters. The van der Waals surface area contributed by atoms with Crippen molar-refractivity contribution in [1.82, 2.24) is 4.98 Å². The quantitative estimate of drug-likeness (QED) is 0.900. The second-order valence-electron chi connectivity index (χ2n) is 5.02. The summed E-state index contributed by atoms with van der Waals surface area (Å²) in [5, 5.41) is 1.05. The fourth-order valence-electron chi connectivity index (χ4n) is 2.69. The molecule has 0 spiro atoms. The minimum absolute atomic E-state index is 0.0521. The molecule has 2 aromatic rings. The van der Waals surface area contributed by atoms with Crippen LogP contribution in [0.3, 0.4) is 0 Å². The van der Waals surface area contributed by atoms with Gasteiger partial charge in [0.2, 0.25) is 5.56 Å². The van der Waals surface area contributed by atoms with Crippen molar-refractivity contribution in [2.75, 3.05) is 24.6 Å². The van der Waals surface area contributed by atoms with Crippen LogP contribution >= 0.6 is 0 Å². The van der Waals surface area contributed by atoms with Crippen molar-refractivity contribution < 1.29 is 4.74 Å². The van der Waals surface area contributed by atoms with Gasteiger partial charge in [0.1, 0.15) is 12.4 Å². The molecule has 4 heteroatoms. The molecule has 1 N–H and O–H groups in total. The molecule has 0 fully saturated rings. The fraction of sp³-hybridized carbons (Fsp3) is 0.400. The van der Waals surface area contributed by atoms with Crippen molar-refractivity contribution in [1.29, 1.82) is 0 Å². The van der Waals surface area contributed by atoms with E-state index in [1.807, 2.05) is 19.1 Å². The van der Waals surface area contributed by atoms with Crippen LogP contribution in [0.5, 0.6) is 5.75 Å². The molecule has 0 saturated carbocycles. The summed E-state index contributed by atoms with van der Waals surface area (Å²) in [6.45, 7) is 6.76. The van der Waals surface area contributed by atoms with Crippen LogP contribution in [0.2, 0.25) is 0 Å². The van der Waals surface area contributed by atoms with E-state index >= 15 is 0 Å². The highest BCUT2D eigenvalue weighted by molar-refractivity contribution is 5.88. The van der Waals surface area contributed by atoms with Gasteiger partial charge in [-0.3, -0.25) is 4.79 Å². The zero-order chi connectivity index (χ0) is 13.4. The van der Waals surface area contributed by atoms with E-state index in [0.29, 0.717) is 0 Å². The Hall–Kier alpha value is -1.97. The van der Waals surface area contributed by atoms with Gasteiger partial charge in [-0.1, -0.05) is 6.92 Å². The third-order valence-corrected chi connectivity index (χ3v) is 3.58. The number of pyridine rings is 1. The molecule has 1 aromatic heterocycles. The molecule has 2 heterocycles. The highest BCUT2D eigenvalue weighted by atomic mass is 16.5. The molecule has 1 aromatic carbocycles. The molecule has 100 valence electrons. The van der Waals surface area contributed by atoms with Crippen molar-refractivity contribution in [2.24, 2.45) is 0 Å². The minimum atomic E-state index is -0.0521. The van der Waals surface area contributed by atoms with Gasteiger partial charge in [-0.2, -0.15) is 0 Å². The predicted octanol–water partition coefficient (Wildman–Crippen LogP) is 2.45. The van der Waals surface area contributed by atoms with E-state index in [1.165, 1.54) is 0 Å². The second kappa shape index (κ2) is 4.61. The number of aryl methyl sites for hydroxylation is 1. The van der Waals surface area contributed by atoms with E-state index in [9.17, 15) is 4.79 Å². The average molecular weight is 258 g/mol. The molecule has 0 radical (unpaired) electrons. The number of aromatic nitrogens is 1. The van der Waals surface area contributed by atoms with Crippen LogP contribution < -0.4 is 15.2 Å². The lowest BCUT2D eigenvalue weighted by Gasteiger charge is -2.31. The third kappa shape index (κ3) is 2.07. The summed E-state index contributed by atoms with van der Waals surface area (Å²) in [5.74, 6) is 0.919. The minimum Gasteiger partial charge on any atom is -0.490 e. The molecule has 0 bridgehead atoms. The maximum atomic E-state index is 11.6. The molecule has 1 aliphatic heterocycles. The summed E-state index contributed by atoms with van der Waals surface area (Å²) < 4.78 is 5.76. The van der Waals surface area contributed by atoms with Gasteiger partial charge in [0, 0.05) is 18.0 Å². The van der Waals surface area contributed by atoms with Crippen molar-refractivity contribution >= 4 is 16.6 Å². The maximum absolute atomic E-state index is 11.6. The predicted molar refractivity (Wildman–Crippen MR) is 77.3 cm³/mol. The number of ether oxygens (including phenoxy) is 1. The van der Waals surface area contributed by atoms with Crippen LogP contribution in [-0.2, 0) is 0 Å². The van der Waals surface area contributed by atoms with E-state index in [2.05, 4.69) is 16.8 Å². The monoisotopic (exact) mass is 258 g/mol. The van der Waals surface area contributed by atoms with Crippen LogP contribution in [0.25, 0.3) is 10.9 Å². The lowest BCUT2D eigenvalue weighted by molar-refractivity contribution is 0.308. The normalized spacial score (nSPS) is 14.3. The number of aromatic amines is 1. The number of H-pyrrole nitrogens is 1. The SMILES string of the molecule is CCCN1CCOc2cc3c(C)cc(=O)[nH]c3cc21. The Morgan fingerprint density at radius 2 is 2.21 bits per heavy atom. The van der Waals surface area contributed by atoms with E-state index < -0.39 is 0 Å². The molecular formula is C15H18N2O2. The number of nitrogens with zero attached hydrogens (tertiary/aromatic N) is 1. The van der Waals surface area contributed by atoms with Crippen LogP contribution in [0, 0.1) is 6.92 Å². The molecule has 3 rings (SSSR count). The first-order chi connectivity index (χ1) is 9.19. The Labute approximate surface area is 112 Å². The van der Waals surface area contributed by atoms with Gasteiger partial charge in [-0.15, -0.1) is 0 Å².